The van der Waals surface area contributed by atoms with Crippen LogP contribution in [-0.4, -0.2) is 25.6 Å². The molecule has 2 heterocycles. The van der Waals surface area contributed by atoms with Gasteiger partial charge in [0.15, 0.2) is 0 Å². The average molecular weight is 213 g/mol. The van der Waals surface area contributed by atoms with Gasteiger partial charge in [-0.15, -0.1) is 16.4 Å². The maximum absolute atomic E-state index is 10.5. The minimum Gasteiger partial charge on any atom is -0.477 e. The number of nitrogens with zero attached hydrogens (tertiary/aromatic N) is 3. The summed E-state index contributed by atoms with van der Waals surface area (Å²) in [5.41, 5.74) is 0.627. The molecule has 0 aliphatic carbocycles. The largest absolute Gasteiger partial charge is 0.477 e. The van der Waals surface area contributed by atoms with Crippen molar-refractivity contribution in [2.75, 3.05) is 0 Å². The Morgan fingerprint density at radius 2 is 2.38 bits per heavy atom. The Balaban J connectivity index is 2.39. The molecule has 0 bridgehead atoms. The van der Waals surface area contributed by atoms with E-state index in [9.17, 15) is 4.79 Å². The lowest BCUT2D eigenvalue weighted by Gasteiger charge is -1.82. The zero-order chi connectivity index (χ0) is 9.26. The predicted octanol–water partition coefficient (Wildman–Crippen LogP) is 1.36. The maximum atomic E-state index is 10.5. The molecule has 2 aromatic heterocycles. The Labute approximate surface area is 80.9 Å². The molecular weight excluding hydrogens is 210 g/mol. The van der Waals surface area contributed by atoms with E-state index in [0.717, 1.165) is 11.3 Å². The summed E-state index contributed by atoms with van der Waals surface area (Å²) in [5, 5.41) is 14.7. The van der Waals surface area contributed by atoms with E-state index in [0.29, 0.717) is 10.7 Å². The van der Waals surface area contributed by atoms with Gasteiger partial charge < -0.3 is 5.11 Å². The molecule has 0 amide bonds. The van der Waals surface area contributed by atoms with E-state index < -0.39 is 5.97 Å². The summed E-state index contributed by atoms with van der Waals surface area (Å²) < 4.78 is 3.66. The molecule has 0 aliphatic heterocycles. The monoisotopic (exact) mass is 213 g/mol. The molecule has 0 saturated heterocycles. The van der Waals surface area contributed by atoms with Crippen LogP contribution in [0, 0.1) is 0 Å². The molecule has 2 aromatic rings. The van der Waals surface area contributed by atoms with Gasteiger partial charge in [-0.3, -0.25) is 0 Å². The quantitative estimate of drug-likeness (QED) is 0.815. The Morgan fingerprint density at radius 1 is 1.54 bits per heavy atom. The molecular formula is C6H3N3O2S2. The van der Waals surface area contributed by atoms with Crippen LogP contribution in [0.1, 0.15) is 9.67 Å². The lowest BCUT2D eigenvalue weighted by molar-refractivity contribution is 0.0702. The molecule has 7 heteroatoms. The normalized spacial score (nSPS) is 10.2. The highest BCUT2D eigenvalue weighted by atomic mass is 32.1. The van der Waals surface area contributed by atoms with Crippen LogP contribution in [-0.2, 0) is 0 Å². The first kappa shape index (κ1) is 8.27. The number of aromatic nitrogens is 3. The third-order valence-electron chi connectivity index (χ3n) is 1.30. The Kier molecular flexibility index (Phi) is 2.03. The van der Waals surface area contributed by atoms with E-state index in [1.807, 2.05) is 0 Å². The van der Waals surface area contributed by atoms with Crippen LogP contribution in [0.3, 0.4) is 0 Å². The van der Waals surface area contributed by atoms with Gasteiger partial charge in [0.2, 0.25) is 0 Å². The van der Waals surface area contributed by atoms with Gasteiger partial charge in [-0.25, -0.2) is 9.78 Å². The average Bonchev–Trinajstić information content (AvgIpc) is 2.75. The third kappa shape index (κ3) is 1.56. The van der Waals surface area contributed by atoms with Gasteiger partial charge >= 0.3 is 5.97 Å². The second kappa shape index (κ2) is 3.19. The first-order chi connectivity index (χ1) is 6.27. The minimum absolute atomic E-state index is 0.211. The van der Waals surface area contributed by atoms with Crippen LogP contribution >= 0.6 is 22.9 Å². The van der Waals surface area contributed by atoms with Crippen molar-refractivity contribution in [1.82, 2.24) is 14.6 Å². The molecule has 0 saturated carbocycles. The summed E-state index contributed by atoms with van der Waals surface area (Å²) in [6.45, 7) is 0. The summed E-state index contributed by atoms with van der Waals surface area (Å²) in [6, 6.07) is 0. The van der Waals surface area contributed by atoms with Gasteiger partial charge in [0.1, 0.15) is 15.6 Å². The predicted molar refractivity (Wildman–Crippen MR) is 48.0 cm³/mol. The van der Waals surface area contributed by atoms with E-state index in [1.54, 1.807) is 5.38 Å². The summed E-state index contributed by atoms with van der Waals surface area (Å²) in [5.74, 6) is -0.966. The molecule has 0 spiro atoms. The van der Waals surface area contributed by atoms with Crippen molar-refractivity contribution in [2.45, 2.75) is 0 Å². The summed E-state index contributed by atoms with van der Waals surface area (Å²) >= 11 is 2.30. The standard InChI is InChI=1S/C6H3N3O2S2/c10-6(11)4-1-7-5(13-4)3-2-12-9-8-3/h1-2H,(H,10,11). The first-order valence-corrected chi connectivity index (χ1v) is 4.89. The Morgan fingerprint density at radius 3 is 2.92 bits per heavy atom. The number of aromatic carboxylic acids is 1. The fourth-order valence-electron chi connectivity index (χ4n) is 0.749. The van der Waals surface area contributed by atoms with E-state index in [1.165, 1.54) is 17.7 Å². The van der Waals surface area contributed by atoms with Crippen molar-refractivity contribution in [3.05, 3.63) is 16.5 Å². The number of carboxylic acids is 1. The number of hydrogen-bond donors (Lipinski definition) is 1. The van der Waals surface area contributed by atoms with Crippen molar-refractivity contribution in [2.24, 2.45) is 0 Å². The van der Waals surface area contributed by atoms with Crippen molar-refractivity contribution >= 4 is 28.8 Å². The van der Waals surface area contributed by atoms with Crippen molar-refractivity contribution < 1.29 is 9.90 Å². The second-order valence-corrected chi connectivity index (χ2v) is 3.77. The van der Waals surface area contributed by atoms with Crippen LogP contribution in [0.4, 0.5) is 0 Å². The van der Waals surface area contributed by atoms with E-state index in [2.05, 4.69) is 14.6 Å². The van der Waals surface area contributed by atoms with Gasteiger partial charge in [0.05, 0.1) is 6.20 Å². The van der Waals surface area contributed by atoms with Crippen molar-refractivity contribution in [3.8, 4) is 10.7 Å². The number of carbonyl (C=O) groups is 1. The molecule has 0 fully saturated rings. The van der Waals surface area contributed by atoms with Crippen LogP contribution < -0.4 is 0 Å². The molecule has 0 atom stereocenters. The molecule has 0 aromatic carbocycles. The van der Waals surface area contributed by atoms with E-state index in [-0.39, 0.29) is 4.88 Å². The smallest absolute Gasteiger partial charge is 0.347 e. The van der Waals surface area contributed by atoms with Gasteiger partial charge in [-0.2, -0.15) is 0 Å². The van der Waals surface area contributed by atoms with Crippen molar-refractivity contribution in [1.29, 1.82) is 0 Å². The molecule has 2 rings (SSSR count). The lowest BCUT2D eigenvalue weighted by atomic mass is 10.5. The zero-order valence-electron chi connectivity index (χ0n) is 6.17. The minimum atomic E-state index is -0.966. The van der Waals surface area contributed by atoms with Crippen LogP contribution in [0.25, 0.3) is 10.7 Å². The van der Waals surface area contributed by atoms with Gasteiger partial charge in [0, 0.05) is 5.38 Å². The molecule has 1 N–H and O–H groups in total. The van der Waals surface area contributed by atoms with E-state index >= 15 is 0 Å². The van der Waals surface area contributed by atoms with Crippen LogP contribution in [0.5, 0.6) is 0 Å². The summed E-state index contributed by atoms with van der Waals surface area (Å²) in [7, 11) is 0. The molecule has 13 heavy (non-hydrogen) atoms. The Hall–Kier alpha value is -1.34. The fourth-order valence-corrected chi connectivity index (χ4v) is 1.98. The first-order valence-electron chi connectivity index (χ1n) is 3.24. The summed E-state index contributed by atoms with van der Waals surface area (Å²) in [4.78, 5) is 14.7. The molecule has 5 nitrogen and oxygen atoms in total. The molecule has 0 aliphatic rings. The fraction of sp³-hybridized carbons (Fsp3) is 0. The molecule has 0 unspecified atom stereocenters. The van der Waals surface area contributed by atoms with E-state index in [4.69, 9.17) is 5.11 Å². The number of carboxylic acid groups (broad SMARTS) is 1. The molecule has 66 valence electrons. The molecule has 0 radical (unpaired) electrons. The topological polar surface area (TPSA) is 76.0 Å². The highest BCUT2D eigenvalue weighted by Gasteiger charge is 2.11. The van der Waals surface area contributed by atoms with Crippen LogP contribution in [0.15, 0.2) is 11.6 Å². The van der Waals surface area contributed by atoms with Gasteiger partial charge in [-0.1, -0.05) is 4.49 Å². The third-order valence-corrected chi connectivity index (χ3v) is 2.81. The number of hydrogen-bond acceptors (Lipinski definition) is 6. The maximum Gasteiger partial charge on any atom is 0.347 e. The SMILES string of the molecule is O=C(O)c1cnc(-c2csnn2)s1. The lowest BCUT2D eigenvalue weighted by Crippen LogP contribution is -1.89. The Bertz CT molecular complexity index is 423. The number of rotatable bonds is 2. The number of thiazole rings is 1. The van der Waals surface area contributed by atoms with Gasteiger partial charge in [-0.05, 0) is 11.5 Å². The second-order valence-electron chi connectivity index (χ2n) is 2.12. The van der Waals surface area contributed by atoms with Gasteiger partial charge in [0.25, 0.3) is 0 Å². The van der Waals surface area contributed by atoms with Crippen molar-refractivity contribution in [3.63, 3.8) is 0 Å². The summed E-state index contributed by atoms with van der Waals surface area (Å²) in [6.07, 6.45) is 1.32. The zero-order valence-corrected chi connectivity index (χ0v) is 7.80. The highest BCUT2D eigenvalue weighted by Crippen LogP contribution is 2.23. The van der Waals surface area contributed by atoms with Crippen LogP contribution in [0.2, 0.25) is 0 Å². The highest BCUT2D eigenvalue weighted by molar-refractivity contribution is 7.17.